The Kier molecular flexibility index (Phi) is 4.27. The maximum atomic E-state index is 11.7. The molecule has 8 nitrogen and oxygen atoms in total. The quantitative estimate of drug-likeness (QED) is 0.279. The summed E-state index contributed by atoms with van der Waals surface area (Å²) in [7, 11) is -7.14. The Morgan fingerprint density at radius 2 is 1.95 bits per heavy atom. The Bertz CT molecular complexity index is 870. The van der Waals surface area contributed by atoms with Crippen LogP contribution in [0.25, 0.3) is 5.57 Å². The first kappa shape index (κ1) is 16.5. The average Bonchev–Trinajstić information content (AvgIpc) is 2.45. The van der Waals surface area contributed by atoms with Crippen LogP contribution in [0.1, 0.15) is 17.5 Å². The third kappa shape index (κ3) is 3.29. The van der Waals surface area contributed by atoms with Crippen LogP contribution in [0.3, 0.4) is 0 Å². The van der Waals surface area contributed by atoms with Crippen LogP contribution in [-0.4, -0.2) is 34.2 Å². The van der Waals surface area contributed by atoms with E-state index in [2.05, 4.69) is 5.10 Å². The Hall–Kier alpha value is -1.91. The molecule has 1 aliphatic rings. The molecule has 0 radical (unpaired) electrons. The maximum absolute atomic E-state index is 11.7. The Balaban J connectivity index is 2.70. The summed E-state index contributed by atoms with van der Waals surface area (Å²) in [5.74, 6) is 4.86. The fourth-order valence-electron chi connectivity index (χ4n) is 2.29. The number of hydrogen-bond donors (Lipinski definition) is 3. The highest BCUT2D eigenvalue weighted by Crippen LogP contribution is 2.29. The van der Waals surface area contributed by atoms with Crippen molar-refractivity contribution in [3.63, 3.8) is 0 Å². The van der Waals surface area contributed by atoms with Crippen LogP contribution in [0, 0.1) is 0 Å². The number of primary sulfonamides is 1. The van der Waals surface area contributed by atoms with Crippen molar-refractivity contribution in [2.24, 2.45) is 21.8 Å². The van der Waals surface area contributed by atoms with Gasteiger partial charge in [-0.1, -0.05) is 18.2 Å². The first-order valence-electron chi connectivity index (χ1n) is 6.25. The zero-order chi connectivity index (χ0) is 16.5. The van der Waals surface area contributed by atoms with Gasteiger partial charge in [0.1, 0.15) is 0 Å². The van der Waals surface area contributed by atoms with Gasteiger partial charge in [-0.15, -0.1) is 0 Å². The molecule has 0 saturated carbocycles. The number of hydrazone groups is 1. The molecular formula is C12H16N4O4S2. The first-order valence-corrected chi connectivity index (χ1v) is 9.62. The Labute approximate surface area is 128 Å². The standard InChI is InChI=1S/C12H16N4O4S2/c13-12(16-14)11-9(2-1-3-10(11)22(15,19)20)8-4-6-21(17,18)7-5-8/h1-4H,5-7,14H2,(H2,13,16)(H2,15,19,20). The van der Waals surface area contributed by atoms with E-state index in [1.807, 2.05) is 0 Å². The molecule has 0 amide bonds. The molecule has 0 fully saturated rings. The summed E-state index contributed by atoms with van der Waals surface area (Å²) >= 11 is 0. The molecule has 0 spiro atoms. The molecule has 0 saturated heterocycles. The highest BCUT2D eigenvalue weighted by molar-refractivity contribution is 7.91. The monoisotopic (exact) mass is 344 g/mol. The molecule has 1 aromatic carbocycles. The molecule has 2 rings (SSSR count). The van der Waals surface area contributed by atoms with Crippen molar-refractivity contribution in [1.29, 1.82) is 0 Å². The van der Waals surface area contributed by atoms with Crippen molar-refractivity contribution in [2.45, 2.75) is 11.3 Å². The minimum Gasteiger partial charge on any atom is -0.382 e. The van der Waals surface area contributed by atoms with Crippen molar-refractivity contribution in [1.82, 2.24) is 0 Å². The molecule has 22 heavy (non-hydrogen) atoms. The molecule has 120 valence electrons. The number of sulfonamides is 1. The molecule has 0 unspecified atom stereocenters. The molecule has 6 N–H and O–H groups in total. The second-order valence-corrected chi connectivity index (χ2v) is 8.59. The highest BCUT2D eigenvalue weighted by atomic mass is 32.2. The largest absolute Gasteiger partial charge is 0.382 e. The Morgan fingerprint density at radius 3 is 2.45 bits per heavy atom. The fourth-order valence-corrected chi connectivity index (χ4v) is 4.21. The summed E-state index contributed by atoms with van der Waals surface area (Å²) in [6.07, 6.45) is 1.79. The van der Waals surface area contributed by atoms with Gasteiger partial charge in [0.05, 0.1) is 16.4 Å². The van der Waals surface area contributed by atoms with Gasteiger partial charge in [-0.25, -0.2) is 22.0 Å². The number of benzene rings is 1. The van der Waals surface area contributed by atoms with Gasteiger partial charge in [0.2, 0.25) is 10.0 Å². The number of hydrogen-bond acceptors (Lipinski definition) is 6. The van der Waals surface area contributed by atoms with Gasteiger partial charge in [0.15, 0.2) is 15.7 Å². The second kappa shape index (κ2) is 5.71. The van der Waals surface area contributed by atoms with Crippen molar-refractivity contribution < 1.29 is 16.8 Å². The van der Waals surface area contributed by atoms with E-state index in [0.29, 0.717) is 11.1 Å². The summed E-state index contributed by atoms with van der Waals surface area (Å²) in [6, 6.07) is 4.44. The van der Waals surface area contributed by atoms with Crippen molar-refractivity contribution in [3.05, 3.63) is 35.4 Å². The smallest absolute Gasteiger partial charge is 0.238 e. The first-order chi connectivity index (χ1) is 10.2. The van der Waals surface area contributed by atoms with Gasteiger partial charge < -0.3 is 11.6 Å². The number of nitrogens with two attached hydrogens (primary N) is 3. The normalized spacial score (nSPS) is 18.8. The predicted molar refractivity (Wildman–Crippen MR) is 84.0 cm³/mol. The molecule has 0 bridgehead atoms. The van der Waals surface area contributed by atoms with E-state index in [-0.39, 0.29) is 34.2 Å². The molecular weight excluding hydrogens is 328 g/mol. The lowest BCUT2D eigenvalue weighted by atomic mass is 9.96. The van der Waals surface area contributed by atoms with E-state index >= 15 is 0 Å². The average molecular weight is 344 g/mol. The van der Waals surface area contributed by atoms with E-state index in [9.17, 15) is 16.8 Å². The molecule has 10 heteroatoms. The zero-order valence-electron chi connectivity index (χ0n) is 11.6. The van der Waals surface area contributed by atoms with E-state index in [1.54, 1.807) is 6.07 Å². The van der Waals surface area contributed by atoms with Gasteiger partial charge in [-0.05, 0) is 23.6 Å². The van der Waals surface area contributed by atoms with Gasteiger partial charge in [0.25, 0.3) is 0 Å². The van der Waals surface area contributed by atoms with Gasteiger partial charge in [0, 0.05) is 5.56 Å². The van der Waals surface area contributed by atoms with Gasteiger partial charge in [-0.2, -0.15) is 5.10 Å². The SMILES string of the molecule is NN=C(N)c1c(C2=CCS(=O)(=O)CC2)cccc1S(N)(=O)=O. The molecule has 0 aliphatic carbocycles. The Morgan fingerprint density at radius 1 is 1.27 bits per heavy atom. The molecule has 1 aliphatic heterocycles. The third-order valence-corrected chi connectivity index (χ3v) is 5.79. The number of allylic oxidation sites excluding steroid dienone is 1. The summed E-state index contributed by atoms with van der Waals surface area (Å²) in [4.78, 5) is -0.203. The van der Waals surface area contributed by atoms with Crippen LogP contribution in [-0.2, 0) is 19.9 Å². The van der Waals surface area contributed by atoms with Crippen molar-refractivity contribution >= 4 is 31.3 Å². The summed E-state index contributed by atoms with van der Waals surface area (Å²) in [5.41, 5.74) is 6.94. The van der Waals surface area contributed by atoms with E-state index < -0.39 is 19.9 Å². The van der Waals surface area contributed by atoms with Crippen molar-refractivity contribution in [2.75, 3.05) is 11.5 Å². The van der Waals surface area contributed by atoms with E-state index in [4.69, 9.17) is 16.7 Å². The third-order valence-electron chi connectivity index (χ3n) is 3.34. The topological polar surface area (TPSA) is 159 Å². The molecule has 1 aromatic rings. The second-order valence-electron chi connectivity index (χ2n) is 4.83. The lowest BCUT2D eigenvalue weighted by Gasteiger charge is -2.18. The number of rotatable bonds is 3. The molecule has 0 atom stereocenters. The highest BCUT2D eigenvalue weighted by Gasteiger charge is 2.24. The summed E-state index contributed by atoms with van der Waals surface area (Å²) in [6.45, 7) is 0. The van der Waals surface area contributed by atoms with Gasteiger partial charge in [-0.3, -0.25) is 0 Å². The van der Waals surface area contributed by atoms with Crippen LogP contribution >= 0.6 is 0 Å². The molecule has 0 aromatic heterocycles. The van der Waals surface area contributed by atoms with E-state index in [1.165, 1.54) is 18.2 Å². The minimum absolute atomic E-state index is 0.0163. The number of sulfone groups is 1. The van der Waals surface area contributed by atoms with Crippen LogP contribution in [0.4, 0.5) is 0 Å². The van der Waals surface area contributed by atoms with Gasteiger partial charge >= 0.3 is 0 Å². The van der Waals surface area contributed by atoms with Crippen LogP contribution in [0.15, 0.2) is 34.3 Å². The van der Waals surface area contributed by atoms with Crippen LogP contribution in [0.5, 0.6) is 0 Å². The number of nitrogens with zero attached hydrogens (tertiary/aromatic N) is 1. The number of amidine groups is 1. The van der Waals surface area contributed by atoms with Crippen molar-refractivity contribution in [3.8, 4) is 0 Å². The maximum Gasteiger partial charge on any atom is 0.238 e. The zero-order valence-corrected chi connectivity index (χ0v) is 13.2. The van der Waals surface area contributed by atoms with Crippen LogP contribution < -0.4 is 16.7 Å². The van der Waals surface area contributed by atoms with Crippen LogP contribution in [0.2, 0.25) is 0 Å². The molecule has 1 heterocycles. The summed E-state index contributed by atoms with van der Waals surface area (Å²) < 4.78 is 46.4. The minimum atomic E-state index is -4.03. The van der Waals surface area contributed by atoms with E-state index in [0.717, 1.165) is 0 Å². The fraction of sp³-hybridized carbons (Fsp3) is 0.250. The lowest BCUT2D eigenvalue weighted by Crippen LogP contribution is -2.25. The summed E-state index contributed by atoms with van der Waals surface area (Å²) in [5, 5.41) is 8.54. The lowest BCUT2D eigenvalue weighted by molar-refractivity contribution is 0.595. The predicted octanol–water partition coefficient (Wildman–Crippen LogP) is -0.885.